The number of amides is 2. The summed E-state index contributed by atoms with van der Waals surface area (Å²) in [4.78, 5) is 27.0. The molecule has 1 fully saturated rings. The van der Waals surface area contributed by atoms with Crippen molar-refractivity contribution < 1.29 is 14.0 Å². The maximum absolute atomic E-state index is 12.6. The monoisotopic (exact) mass is 400 g/mol. The number of carbonyl (C=O) groups is 2. The number of benzene rings is 2. The Hall–Kier alpha value is -3.34. The molecule has 2 aliphatic rings. The van der Waals surface area contributed by atoms with Crippen molar-refractivity contribution >= 4 is 17.5 Å². The number of aryl methyl sites for hydroxylation is 1. The van der Waals surface area contributed by atoms with Gasteiger partial charge in [0.2, 0.25) is 5.91 Å². The van der Waals surface area contributed by atoms with Crippen molar-refractivity contribution in [3.8, 4) is 11.3 Å². The maximum Gasteiger partial charge on any atom is 0.255 e. The summed E-state index contributed by atoms with van der Waals surface area (Å²) >= 11 is 0. The van der Waals surface area contributed by atoms with E-state index in [1.54, 1.807) is 0 Å². The molecule has 0 unspecified atom stereocenters. The Labute approximate surface area is 175 Å². The Morgan fingerprint density at radius 2 is 1.90 bits per heavy atom. The van der Waals surface area contributed by atoms with Crippen LogP contribution in [-0.2, 0) is 17.8 Å². The molecule has 0 atom stereocenters. The molecule has 5 nitrogen and oxygen atoms in total. The first-order valence-corrected chi connectivity index (χ1v) is 10.5. The molecule has 5 heteroatoms. The highest BCUT2D eigenvalue weighted by atomic mass is 16.3. The van der Waals surface area contributed by atoms with Gasteiger partial charge in [0.05, 0.1) is 0 Å². The number of hydrogen-bond acceptors (Lipinski definition) is 3. The Kier molecular flexibility index (Phi) is 4.66. The summed E-state index contributed by atoms with van der Waals surface area (Å²) in [5, 5.41) is 2.98. The van der Waals surface area contributed by atoms with Crippen molar-refractivity contribution in [2.45, 2.75) is 32.7 Å². The lowest BCUT2D eigenvalue weighted by Gasteiger charge is -2.26. The topological polar surface area (TPSA) is 62.6 Å². The number of hydrogen-bond donors (Lipinski definition) is 1. The SMILES string of the molecule is Cc1ccccc1C(=O)Nc1cccc(-c2cc3c(o2)CCN(C(=O)C2CC2)C3)c1. The zero-order chi connectivity index (χ0) is 20.7. The predicted molar refractivity (Wildman–Crippen MR) is 115 cm³/mol. The average molecular weight is 400 g/mol. The second-order valence-corrected chi connectivity index (χ2v) is 8.19. The molecular formula is C25H24N2O3. The van der Waals surface area contributed by atoms with E-state index in [1.807, 2.05) is 66.4 Å². The lowest BCUT2D eigenvalue weighted by molar-refractivity contribution is -0.133. The first-order valence-electron chi connectivity index (χ1n) is 10.5. The van der Waals surface area contributed by atoms with Crippen molar-refractivity contribution in [3.63, 3.8) is 0 Å². The minimum absolute atomic E-state index is 0.127. The number of furan rings is 1. The molecule has 2 amide bonds. The highest BCUT2D eigenvalue weighted by molar-refractivity contribution is 6.05. The number of fused-ring (bicyclic) bond motifs is 1. The first kappa shape index (κ1) is 18.7. The third kappa shape index (κ3) is 3.63. The van der Waals surface area contributed by atoms with Crippen LogP contribution in [0.15, 0.2) is 59.0 Å². The van der Waals surface area contributed by atoms with Gasteiger partial charge in [0.15, 0.2) is 0 Å². The first-order chi connectivity index (χ1) is 14.6. The third-order valence-electron chi connectivity index (χ3n) is 5.90. The number of carbonyl (C=O) groups excluding carboxylic acids is 2. The molecule has 152 valence electrons. The van der Waals surface area contributed by atoms with Gasteiger partial charge in [-0.2, -0.15) is 0 Å². The van der Waals surface area contributed by atoms with Crippen LogP contribution in [0.25, 0.3) is 11.3 Å². The zero-order valence-corrected chi connectivity index (χ0v) is 17.0. The van der Waals surface area contributed by atoms with E-state index in [9.17, 15) is 9.59 Å². The van der Waals surface area contributed by atoms with Gasteiger partial charge in [0, 0.05) is 47.8 Å². The molecule has 5 rings (SSSR count). The molecule has 3 aromatic rings. The summed E-state index contributed by atoms with van der Waals surface area (Å²) in [6.07, 6.45) is 2.80. The minimum atomic E-state index is -0.127. The van der Waals surface area contributed by atoms with Gasteiger partial charge in [-0.25, -0.2) is 0 Å². The Morgan fingerprint density at radius 3 is 2.70 bits per heavy atom. The molecule has 0 saturated heterocycles. The van der Waals surface area contributed by atoms with Crippen LogP contribution in [0.3, 0.4) is 0 Å². The third-order valence-corrected chi connectivity index (χ3v) is 5.90. The summed E-state index contributed by atoms with van der Waals surface area (Å²) in [6, 6.07) is 17.2. The van der Waals surface area contributed by atoms with Gasteiger partial charge < -0.3 is 14.6 Å². The smallest absolute Gasteiger partial charge is 0.255 e. The molecule has 1 aromatic heterocycles. The van der Waals surface area contributed by atoms with Crippen LogP contribution in [-0.4, -0.2) is 23.3 Å². The van der Waals surface area contributed by atoms with Crippen LogP contribution in [0.2, 0.25) is 0 Å². The molecule has 1 N–H and O–H groups in total. The van der Waals surface area contributed by atoms with Gasteiger partial charge in [-0.05, 0) is 49.6 Å². The van der Waals surface area contributed by atoms with E-state index in [0.29, 0.717) is 12.1 Å². The van der Waals surface area contributed by atoms with Crippen LogP contribution in [0.1, 0.15) is 40.1 Å². The van der Waals surface area contributed by atoms with E-state index in [4.69, 9.17) is 4.42 Å². The van der Waals surface area contributed by atoms with Crippen molar-refractivity contribution in [1.82, 2.24) is 4.90 Å². The van der Waals surface area contributed by atoms with Gasteiger partial charge in [0.1, 0.15) is 11.5 Å². The number of nitrogens with zero attached hydrogens (tertiary/aromatic N) is 1. The molecular weight excluding hydrogens is 376 g/mol. The van der Waals surface area contributed by atoms with Gasteiger partial charge in [-0.15, -0.1) is 0 Å². The molecule has 0 radical (unpaired) electrons. The van der Waals surface area contributed by atoms with Crippen molar-refractivity contribution in [1.29, 1.82) is 0 Å². The molecule has 1 aliphatic carbocycles. The molecule has 2 heterocycles. The number of nitrogens with one attached hydrogen (secondary N) is 1. The fourth-order valence-corrected chi connectivity index (χ4v) is 4.03. The average Bonchev–Trinajstić information content (AvgIpc) is 3.52. The molecule has 30 heavy (non-hydrogen) atoms. The fraction of sp³-hybridized carbons (Fsp3) is 0.280. The number of anilines is 1. The van der Waals surface area contributed by atoms with Gasteiger partial charge in [-0.1, -0.05) is 30.3 Å². The van der Waals surface area contributed by atoms with E-state index in [0.717, 1.165) is 59.7 Å². The van der Waals surface area contributed by atoms with Crippen molar-refractivity contribution in [2.24, 2.45) is 5.92 Å². The second-order valence-electron chi connectivity index (χ2n) is 8.19. The fourth-order valence-electron chi connectivity index (χ4n) is 4.03. The van der Waals surface area contributed by atoms with Crippen LogP contribution in [0.5, 0.6) is 0 Å². The van der Waals surface area contributed by atoms with E-state index in [-0.39, 0.29) is 17.7 Å². The summed E-state index contributed by atoms with van der Waals surface area (Å²) in [5.41, 5.74) is 4.32. The minimum Gasteiger partial charge on any atom is -0.461 e. The second kappa shape index (κ2) is 7.48. The Balaban J connectivity index is 1.34. The van der Waals surface area contributed by atoms with Crippen LogP contribution < -0.4 is 5.32 Å². The molecule has 0 spiro atoms. The summed E-state index contributed by atoms with van der Waals surface area (Å²) in [5.74, 6) is 2.13. The zero-order valence-electron chi connectivity index (χ0n) is 17.0. The van der Waals surface area contributed by atoms with Gasteiger partial charge in [-0.3, -0.25) is 9.59 Å². The van der Waals surface area contributed by atoms with Crippen LogP contribution in [0, 0.1) is 12.8 Å². The largest absolute Gasteiger partial charge is 0.461 e. The van der Waals surface area contributed by atoms with E-state index < -0.39 is 0 Å². The van der Waals surface area contributed by atoms with Crippen molar-refractivity contribution in [2.75, 3.05) is 11.9 Å². The van der Waals surface area contributed by atoms with Gasteiger partial charge >= 0.3 is 0 Å². The molecule has 1 saturated carbocycles. The molecule has 1 aliphatic heterocycles. The Morgan fingerprint density at radius 1 is 1.07 bits per heavy atom. The summed E-state index contributed by atoms with van der Waals surface area (Å²) < 4.78 is 6.11. The quantitative estimate of drug-likeness (QED) is 0.684. The lowest BCUT2D eigenvalue weighted by Crippen LogP contribution is -2.36. The van der Waals surface area contributed by atoms with E-state index in [1.165, 1.54) is 0 Å². The highest BCUT2D eigenvalue weighted by Gasteiger charge is 2.35. The van der Waals surface area contributed by atoms with Crippen LogP contribution in [0.4, 0.5) is 5.69 Å². The van der Waals surface area contributed by atoms with Crippen molar-refractivity contribution in [3.05, 3.63) is 77.0 Å². The summed E-state index contributed by atoms with van der Waals surface area (Å²) in [7, 11) is 0. The molecule has 2 aromatic carbocycles. The standard InChI is InChI=1S/C25H24N2O3/c1-16-5-2-3-8-21(16)24(28)26-20-7-4-6-18(13-20)23-14-19-15-27(12-11-22(19)30-23)25(29)17-9-10-17/h2-8,13-14,17H,9-12,15H2,1H3,(H,26,28). The summed E-state index contributed by atoms with van der Waals surface area (Å²) in [6.45, 7) is 3.27. The molecule has 0 bridgehead atoms. The van der Waals surface area contributed by atoms with Gasteiger partial charge in [0.25, 0.3) is 5.91 Å². The highest BCUT2D eigenvalue weighted by Crippen LogP contribution is 2.35. The Bertz CT molecular complexity index is 1130. The maximum atomic E-state index is 12.6. The normalized spacial score (nSPS) is 15.6. The van der Waals surface area contributed by atoms with Crippen LogP contribution >= 0.6 is 0 Å². The van der Waals surface area contributed by atoms with E-state index >= 15 is 0 Å². The lowest BCUT2D eigenvalue weighted by atomic mass is 10.1. The number of rotatable bonds is 4. The van der Waals surface area contributed by atoms with E-state index in [2.05, 4.69) is 5.32 Å². The predicted octanol–water partition coefficient (Wildman–Crippen LogP) is 4.80.